The summed E-state index contributed by atoms with van der Waals surface area (Å²) in [7, 11) is 0. The van der Waals surface area contributed by atoms with E-state index in [2.05, 4.69) is 26.3 Å². The summed E-state index contributed by atoms with van der Waals surface area (Å²) in [4.78, 5) is 11.9. The monoisotopic (exact) mass is 395 g/mol. The van der Waals surface area contributed by atoms with E-state index < -0.39 is 23.8 Å². The molecule has 118 valence electrons. The zero-order chi connectivity index (χ0) is 16.4. The van der Waals surface area contributed by atoms with E-state index in [1.165, 1.54) is 19.1 Å². The molecule has 1 amide bonds. The lowest BCUT2D eigenvalue weighted by Crippen LogP contribution is -2.21. The summed E-state index contributed by atoms with van der Waals surface area (Å²) in [5.74, 6) is -1.23. The quantitative estimate of drug-likeness (QED) is 0.836. The number of aromatic nitrogens is 2. The molecule has 2 aromatic rings. The molecule has 0 spiro atoms. The van der Waals surface area contributed by atoms with Crippen molar-refractivity contribution in [3.05, 3.63) is 44.9 Å². The number of hydrogen-bond acceptors (Lipinski definition) is 2. The van der Waals surface area contributed by atoms with E-state index in [1.807, 2.05) is 0 Å². The molecule has 0 aliphatic carbocycles. The van der Waals surface area contributed by atoms with Crippen LogP contribution in [0.4, 0.5) is 18.9 Å². The van der Waals surface area contributed by atoms with Gasteiger partial charge in [0.15, 0.2) is 0 Å². The van der Waals surface area contributed by atoms with Crippen LogP contribution in [0.1, 0.15) is 17.8 Å². The zero-order valence-corrected chi connectivity index (χ0v) is 13.6. The highest BCUT2D eigenvalue weighted by Gasteiger charge is 2.21. The summed E-state index contributed by atoms with van der Waals surface area (Å²) in [5.41, 5.74) is -0.358. The van der Waals surface area contributed by atoms with Crippen molar-refractivity contribution in [1.82, 2.24) is 9.78 Å². The lowest BCUT2D eigenvalue weighted by Gasteiger charge is -2.08. The second-order valence-electron chi connectivity index (χ2n) is 4.42. The van der Waals surface area contributed by atoms with Crippen LogP contribution >= 0.6 is 27.5 Å². The number of hydrogen-bond donors (Lipinski definition) is 1. The summed E-state index contributed by atoms with van der Waals surface area (Å²) in [6.07, 6.45) is -2.83. The Hall–Kier alpha value is -1.54. The fourth-order valence-electron chi connectivity index (χ4n) is 1.76. The minimum atomic E-state index is -2.83. The smallest absolute Gasteiger partial charge is 0.283 e. The second-order valence-corrected chi connectivity index (χ2v) is 5.71. The molecule has 2 rings (SSSR count). The van der Waals surface area contributed by atoms with Gasteiger partial charge >= 0.3 is 0 Å². The minimum absolute atomic E-state index is 0.0156. The third kappa shape index (κ3) is 3.61. The third-order valence-corrected chi connectivity index (χ3v) is 3.82. The van der Waals surface area contributed by atoms with Gasteiger partial charge in [0.25, 0.3) is 6.43 Å². The highest BCUT2D eigenvalue weighted by molar-refractivity contribution is 9.10. The molecular formula is C13H10BrClF3N3O. The standard InChI is InChI=1S/C13H10BrClF3N3O/c1-6-11(15)12(13(17)18)20-21(6)5-10(22)19-9-3-2-7(14)4-8(9)16/h2-4,13H,5H2,1H3,(H,19,22). The number of nitrogens with zero attached hydrogens (tertiary/aromatic N) is 2. The van der Waals surface area contributed by atoms with Crippen LogP contribution in [0.25, 0.3) is 0 Å². The zero-order valence-electron chi connectivity index (χ0n) is 11.2. The van der Waals surface area contributed by atoms with E-state index in [9.17, 15) is 18.0 Å². The van der Waals surface area contributed by atoms with Crippen molar-refractivity contribution in [2.75, 3.05) is 5.32 Å². The molecule has 0 aliphatic rings. The first-order valence-electron chi connectivity index (χ1n) is 6.05. The van der Waals surface area contributed by atoms with Gasteiger partial charge in [-0.05, 0) is 25.1 Å². The van der Waals surface area contributed by atoms with Crippen LogP contribution in [0.5, 0.6) is 0 Å². The molecular weight excluding hydrogens is 387 g/mol. The lowest BCUT2D eigenvalue weighted by atomic mass is 10.3. The SMILES string of the molecule is Cc1c(Cl)c(C(F)F)nn1CC(=O)Nc1ccc(Br)cc1F. The van der Waals surface area contributed by atoms with Crippen LogP contribution < -0.4 is 5.32 Å². The number of carbonyl (C=O) groups is 1. The number of alkyl halides is 2. The van der Waals surface area contributed by atoms with E-state index in [1.54, 1.807) is 6.07 Å². The molecule has 1 heterocycles. The molecule has 0 saturated heterocycles. The van der Waals surface area contributed by atoms with Crippen molar-refractivity contribution in [1.29, 1.82) is 0 Å². The Morgan fingerprint density at radius 3 is 2.73 bits per heavy atom. The van der Waals surface area contributed by atoms with Gasteiger partial charge in [0, 0.05) is 4.47 Å². The summed E-state index contributed by atoms with van der Waals surface area (Å²) in [5, 5.41) is 5.76. The number of rotatable bonds is 4. The van der Waals surface area contributed by atoms with E-state index in [-0.39, 0.29) is 22.9 Å². The number of nitrogens with one attached hydrogen (secondary N) is 1. The van der Waals surface area contributed by atoms with Crippen LogP contribution in [-0.2, 0) is 11.3 Å². The Morgan fingerprint density at radius 2 is 2.18 bits per heavy atom. The van der Waals surface area contributed by atoms with E-state index >= 15 is 0 Å². The maximum atomic E-state index is 13.6. The predicted octanol–water partition coefficient (Wildman–Crippen LogP) is 4.32. The normalized spacial score (nSPS) is 11.0. The summed E-state index contributed by atoms with van der Waals surface area (Å²) >= 11 is 8.83. The van der Waals surface area contributed by atoms with Crippen LogP contribution in [0.2, 0.25) is 5.02 Å². The average Bonchev–Trinajstić information content (AvgIpc) is 2.70. The lowest BCUT2D eigenvalue weighted by molar-refractivity contribution is -0.117. The second kappa shape index (κ2) is 6.70. The molecule has 22 heavy (non-hydrogen) atoms. The topological polar surface area (TPSA) is 46.9 Å². The van der Waals surface area contributed by atoms with E-state index in [4.69, 9.17) is 11.6 Å². The molecule has 1 aromatic carbocycles. The number of carbonyl (C=O) groups excluding carboxylic acids is 1. The van der Waals surface area contributed by atoms with Crippen LogP contribution in [0, 0.1) is 12.7 Å². The summed E-state index contributed by atoms with van der Waals surface area (Å²) < 4.78 is 40.6. The Bertz CT molecular complexity index is 721. The molecule has 0 aliphatic heterocycles. The summed E-state index contributed by atoms with van der Waals surface area (Å²) in [6, 6.07) is 4.13. The van der Waals surface area contributed by atoms with Gasteiger partial charge in [0.2, 0.25) is 5.91 Å². The molecule has 0 bridgehead atoms. The molecule has 4 nitrogen and oxygen atoms in total. The first kappa shape index (κ1) is 16.8. The summed E-state index contributed by atoms with van der Waals surface area (Å²) in [6.45, 7) is 1.11. The van der Waals surface area contributed by atoms with Gasteiger partial charge in [-0.3, -0.25) is 9.48 Å². The number of halogens is 5. The van der Waals surface area contributed by atoms with Gasteiger partial charge in [-0.2, -0.15) is 5.10 Å². The predicted molar refractivity (Wildman–Crippen MR) is 79.7 cm³/mol. The van der Waals surface area contributed by atoms with Crippen molar-refractivity contribution in [3.8, 4) is 0 Å². The van der Waals surface area contributed by atoms with Crippen molar-refractivity contribution in [2.24, 2.45) is 0 Å². The number of anilines is 1. The highest BCUT2D eigenvalue weighted by Crippen LogP contribution is 2.28. The van der Waals surface area contributed by atoms with Gasteiger partial charge in [0.1, 0.15) is 18.1 Å². The fraction of sp³-hybridized carbons (Fsp3) is 0.231. The molecule has 0 radical (unpaired) electrons. The molecule has 0 fully saturated rings. The Labute approximate surface area is 137 Å². The third-order valence-electron chi connectivity index (χ3n) is 2.86. The number of amides is 1. The van der Waals surface area contributed by atoms with Gasteiger partial charge < -0.3 is 5.32 Å². The van der Waals surface area contributed by atoms with Crippen molar-refractivity contribution >= 4 is 39.1 Å². The molecule has 0 unspecified atom stereocenters. The van der Waals surface area contributed by atoms with Crippen molar-refractivity contribution < 1.29 is 18.0 Å². The molecule has 0 saturated carbocycles. The van der Waals surface area contributed by atoms with Gasteiger partial charge in [-0.25, -0.2) is 13.2 Å². The Morgan fingerprint density at radius 1 is 1.50 bits per heavy atom. The minimum Gasteiger partial charge on any atom is -0.322 e. The Kier molecular flexibility index (Phi) is 5.12. The first-order chi connectivity index (χ1) is 10.3. The fourth-order valence-corrected chi connectivity index (χ4v) is 2.31. The van der Waals surface area contributed by atoms with Crippen LogP contribution in [-0.4, -0.2) is 15.7 Å². The highest BCUT2D eigenvalue weighted by atomic mass is 79.9. The Balaban J connectivity index is 2.14. The maximum absolute atomic E-state index is 13.6. The molecule has 0 atom stereocenters. The van der Waals surface area contributed by atoms with E-state index in [0.717, 1.165) is 4.68 Å². The number of benzene rings is 1. The first-order valence-corrected chi connectivity index (χ1v) is 7.22. The van der Waals surface area contributed by atoms with Gasteiger partial charge in [-0.15, -0.1) is 0 Å². The molecule has 9 heteroatoms. The molecule has 1 N–H and O–H groups in total. The van der Waals surface area contributed by atoms with Gasteiger partial charge in [0.05, 0.1) is 16.4 Å². The van der Waals surface area contributed by atoms with Crippen molar-refractivity contribution in [2.45, 2.75) is 19.9 Å². The van der Waals surface area contributed by atoms with Crippen molar-refractivity contribution in [3.63, 3.8) is 0 Å². The molecule has 1 aromatic heterocycles. The van der Waals surface area contributed by atoms with E-state index in [0.29, 0.717) is 4.47 Å². The van der Waals surface area contributed by atoms with Crippen LogP contribution in [0.3, 0.4) is 0 Å². The largest absolute Gasteiger partial charge is 0.322 e. The van der Waals surface area contributed by atoms with Crippen LogP contribution in [0.15, 0.2) is 22.7 Å². The average molecular weight is 397 g/mol. The maximum Gasteiger partial charge on any atom is 0.283 e. The van der Waals surface area contributed by atoms with Gasteiger partial charge in [-0.1, -0.05) is 27.5 Å².